The summed E-state index contributed by atoms with van der Waals surface area (Å²) in [6, 6.07) is 7.22. The molecule has 0 saturated heterocycles. The summed E-state index contributed by atoms with van der Waals surface area (Å²) in [5.41, 5.74) is 0.857. The Bertz CT molecular complexity index is 354. The summed E-state index contributed by atoms with van der Waals surface area (Å²) in [5, 5.41) is 0. The van der Waals surface area contributed by atoms with Crippen LogP contribution >= 0.6 is 7.82 Å². The zero-order chi connectivity index (χ0) is 12.0. The van der Waals surface area contributed by atoms with Gasteiger partial charge < -0.3 is 4.74 Å². The van der Waals surface area contributed by atoms with Gasteiger partial charge in [-0.3, -0.25) is 13.6 Å². The molecule has 0 spiro atoms. The van der Waals surface area contributed by atoms with Crippen LogP contribution in [0.25, 0.3) is 0 Å². The fourth-order valence-corrected chi connectivity index (χ4v) is 1.72. The molecule has 6 heteroatoms. The van der Waals surface area contributed by atoms with Crippen molar-refractivity contribution < 1.29 is 22.9 Å². The van der Waals surface area contributed by atoms with E-state index in [4.69, 9.17) is 9.26 Å². The highest BCUT2D eigenvalue weighted by molar-refractivity contribution is 7.48. The SMILES string of the molecule is COc1ccc(COP(=O)(OC)OC)cc1. The number of rotatable bonds is 6. The lowest BCUT2D eigenvalue weighted by molar-refractivity contribution is 0.146. The van der Waals surface area contributed by atoms with E-state index in [1.165, 1.54) is 14.2 Å². The van der Waals surface area contributed by atoms with Crippen molar-refractivity contribution in [3.8, 4) is 5.75 Å². The fraction of sp³-hybridized carbons (Fsp3) is 0.400. The molecule has 1 aromatic rings. The van der Waals surface area contributed by atoms with Gasteiger partial charge in [-0.1, -0.05) is 12.1 Å². The van der Waals surface area contributed by atoms with Crippen LogP contribution in [-0.2, 0) is 24.7 Å². The smallest absolute Gasteiger partial charge is 0.474 e. The Kier molecular flexibility index (Phi) is 4.96. The molecule has 1 aromatic carbocycles. The van der Waals surface area contributed by atoms with E-state index in [2.05, 4.69) is 9.05 Å². The van der Waals surface area contributed by atoms with Gasteiger partial charge in [-0.25, -0.2) is 4.57 Å². The summed E-state index contributed by atoms with van der Waals surface area (Å²) >= 11 is 0. The second-order valence-electron chi connectivity index (χ2n) is 2.93. The zero-order valence-electron chi connectivity index (χ0n) is 9.50. The minimum Gasteiger partial charge on any atom is -0.497 e. The minimum atomic E-state index is -3.40. The molecule has 16 heavy (non-hydrogen) atoms. The lowest BCUT2D eigenvalue weighted by Crippen LogP contribution is -1.95. The van der Waals surface area contributed by atoms with Crippen molar-refractivity contribution in [1.29, 1.82) is 0 Å². The van der Waals surface area contributed by atoms with Gasteiger partial charge in [-0.05, 0) is 17.7 Å². The Morgan fingerprint density at radius 1 is 1.06 bits per heavy atom. The van der Waals surface area contributed by atoms with E-state index >= 15 is 0 Å². The normalized spacial score (nSPS) is 11.4. The van der Waals surface area contributed by atoms with Gasteiger partial charge in [-0.15, -0.1) is 0 Å². The largest absolute Gasteiger partial charge is 0.497 e. The van der Waals surface area contributed by atoms with Crippen LogP contribution < -0.4 is 4.74 Å². The standard InChI is InChI=1S/C10H15O5P/c1-12-10-6-4-9(5-7-10)8-15-16(11,13-2)14-3/h4-7H,8H2,1-3H3. The average molecular weight is 246 g/mol. The monoisotopic (exact) mass is 246 g/mol. The van der Waals surface area contributed by atoms with Crippen LogP contribution in [0.4, 0.5) is 0 Å². The number of phosphoric acid groups is 1. The van der Waals surface area contributed by atoms with Crippen molar-refractivity contribution in [2.24, 2.45) is 0 Å². The van der Waals surface area contributed by atoms with Crippen molar-refractivity contribution in [3.63, 3.8) is 0 Å². The summed E-state index contributed by atoms with van der Waals surface area (Å²) in [6.07, 6.45) is 0. The summed E-state index contributed by atoms with van der Waals surface area (Å²) in [7, 11) is 0.748. The van der Waals surface area contributed by atoms with Crippen LogP contribution in [0.5, 0.6) is 5.75 Å². The first kappa shape index (κ1) is 13.2. The van der Waals surface area contributed by atoms with E-state index in [-0.39, 0.29) is 6.61 Å². The Morgan fingerprint density at radius 3 is 2.06 bits per heavy atom. The number of ether oxygens (including phenoxy) is 1. The topological polar surface area (TPSA) is 54.0 Å². The highest BCUT2D eigenvalue weighted by Gasteiger charge is 2.22. The second-order valence-corrected chi connectivity index (χ2v) is 4.82. The van der Waals surface area contributed by atoms with Crippen LogP contribution in [-0.4, -0.2) is 21.3 Å². The number of phosphoric ester groups is 1. The van der Waals surface area contributed by atoms with Gasteiger partial charge in [0, 0.05) is 14.2 Å². The molecule has 0 bridgehead atoms. The van der Waals surface area contributed by atoms with Crippen molar-refractivity contribution in [1.82, 2.24) is 0 Å². The molecule has 0 unspecified atom stereocenters. The molecule has 0 atom stereocenters. The van der Waals surface area contributed by atoms with Gasteiger partial charge in [0.1, 0.15) is 5.75 Å². The first-order valence-electron chi connectivity index (χ1n) is 4.62. The van der Waals surface area contributed by atoms with Crippen molar-refractivity contribution in [3.05, 3.63) is 29.8 Å². The predicted octanol–water partition coefficient (Wildman–Crippen LogP) is 2.61. The number of methoxy groups -OCH3 is 1. The van der Waals surface area contributed by atoms with Gasteiger partial charge in [0.2, 0.25) is 0 Å². The first-order valence-corrected chi connectivity index (χ1v) is 6.08. The number of hydrogen-bond acceptors (Lipinski definition) is 5. The molecule has 0 fully saturated rings. The van der Waals surface area contributed by atoms with Gasteiger partial charge in [-0.2, -0.15) is 0 Å². The van der Waals surface area contributed by atoms with Crippen molar-refractivity contribution in [2.45, 2.75) is 6.61 Å². The van der Waals surface area contributed by atoms with Crippen LogP contribution in [0, 0.1) is 0 Å². The molecule has 0 amide bonds. The first-order chi connectivity index (χ1) is 7.63. The maximum absolute atomic E-state index is 11.6. The maximum atomic E-state index is 11.6. The third-order valence-corrected chi connectivity index (χ3v) is 3.34. The Labute approximate surface area is 94.9 Å². The number of hydrogen-bond donors (Lipinski definition) is 0. The summed E-state index contributed by atoms with van der Waals surface area (Å²) in [4.78, 5) is 0. The Morgan fingerprint density at radius 2 is 1.62 bits per heavy atom. The van der Waals surface area contributed by atoms with Crippen LogP contribution in [0.2, 0.25) is 0 Å². The molecule has 0 saturated carbocycles. The third-order valence-electron chi connectivity index (χ3n) is 2.00. The summed E-state index contributed by atoms with van der Waals surface area (Å²) in [5.74, 6) is 0.755. The minimum absolute atomic E-state index is 0.156. The Hall–Kier alpha value is -0.870. The fourth-order valence-electron chi connectivity index (χ4n) is 1.06. The average Bonchev–Trinajstić information content (AvgIpc) is 2.36. The van der Waals surface area contributed by atoms with Crippen molar-refractivity contribution >= 4 is 7.82 Å². The third kappa shape index (κ3) is 3.61. The van der Waals surface area contributed by atoms with Gasteiger partial charge in [0.05, 0.1) is 13.7 Å². The summed E-state index contributed by atoms with van der Waals surface area (Å²) in [6.45, 7) is 0.156. The molecule has 0 aliphatic rings. The van der Waals surface area contributed by atoms with Crippen LogP contribution in [0.1, 0.15) is 5.56 Å². The molecule has 5 nitrogen and oxygen atoms in total. The van der Waals surface area contributed by atoms with Gasteiger partial charge in [0.15, 0.2) is 0 Å². The highest BCUT2D eigenvalue weighted by Crippen LogP contribution is 2.48. The molecule has 0 radical (unpaired) electrons. The molecule has 0 aliphatic heterocycles. The van der Waals surface area contributed by atoms with E-state index in [1.54, 1.807) is 19.2 Å². The lowest BCUT2D eigenvalue weighted by Gasteiger charge is -2.13. The quantitative estimate of drug-likeness (QED) is 0.722. The molecule has 1 rings (SSSR count). The summed E-state index contributed by atoms with van der Waals surface area (Å²) < 4.78 is 30.9. The molecule has 0 aromatic heterocycles. The zero-order valence-corrected chi connectivity index (χ0v) is 10.4. The molecular formula is C10H15O5P. The van der Waals surface area contributed by atoms with E-state index in [9.17, 15) is 4.57 Å². The number of benzene rings is 1. The predicted molar refractivity (Wildman–Crippen MR) is 59.4 cm³/mol. The molecule has 90 valence electrons. The van der Waals surface area contributed by atoms with Gasteiger partial charge in [0.25, 0.3) is 0 Å². The second kappa shape index (κ2) is 6.01. The van der Waals surface area contributed by atoms with E-state index in [0.29, 0.717) is 0 Å². The molecule has 0 aliphatic carbocycles. The van der Waals surface area contributed by atoms with Crippen LogP contribution in [0.3, 0.4) is 0 Å². The van der Waals surface area contributed by atoms with Crippen molar-refractivity contribution in [2.75, 3.05) is 21.3 Å². The Balaban J connectivity index is 2.57. The van der Waals surface area contributed by atoms with E-state index in [1.807, 2.05) is 12.1 Å². The molecular weight excluding hydrogens is 231 g/mol. The van der Waals surface area contributed by atoms with Gasteiger partial charge >= 0.3 is 7.82 Å². The van der Waals surface area contributed by atoms with E-state index in [0.717, 1.165) is 11.3 Å². The van der Waals surface area contributed by atoms with Crippen LogP contribution in [0.15, 0.2) is 24.3 Å². The van der Waals surface area contributed by atoms with E-state index < -0.39 is 7.82 Å². The highest BCUT2D eigenvalue weighted by atomic mass is 31.2. The lowest BCUT2D eigenvalue weighted by atomic mass is 10.2. The molecule has 0 heterocycles. The molecule has 0 N–H and O–H groups in total. The maximum Gasteiger partial charge on any atom is 0.474 e.